The second-order valence-corrected chi connectivity index (χ2v) is 4.67. The Kier molecular flexibility index (Phi) is 3.97. The third-order valence-corrected chi connectivity index (χ3v) is 3.30. The molecule has 4 nitrogen and oxygen atoms in total. The summed E-state index contributed by atoms with van der Waals surface area (Å²) in [7, 11) is 0. The van der Waals surface area contributed by atoms with Gasteiger partial charge < -0.3 is 5.32 Å². The predicted molar refractivity (Wildman–Crippen MR) is 64.8 cm³/mol. The van der Waals surface area contributed by atoms with Crippen molar-refractivity contribution in [3.63, 3.8) is 0 Å². The fourth-order valence-corrected chi connectivity index (χ4v) is 2.17. The van der Waals surface area contributed by atoms with Crippen molar-refractivity contribution in [1.29, 1.82) is 0 Å². The molecule has 0 bridgehead atoms. The summed E-state index contributed by atoms with van der Waals surface area (Å²) in [6, 6.07) is 0.500. The van der Waals surface area contributed by atoms with E-state index in [1.54, 1.807) is 6.20 Å². The molecule has 16 heavy (non-hydrogen) atoms. The number of piperazine rings is 1. The number of halogens is 2. The Labute approximate surface area is 105 Å². The highest BCUT2D eigenvalue weighted by Gasteiger charge is 2.19. The van der Waals surface area contributed by atoms with Gasteiger partial charge in [-0.2, -0.15) is 0 Å². The first kappa shape index (κ1) is 12.0. The fourth-order valence-electron chi connectivity index (χ4n) is 1.81. The molecule has 0 saturated carbocycles. The Morgan fingerprint density at radius 1 is 1.56 bits per heavy atom. The Morgan fingerprint density at radius 2 is 2.38 bits per heavy atom. The van der Waals surface area contributed by atoms with Crippen LogP contribution in [0.5, 0.6) is 0 Å². The minimum atomic E-state index is 0.196. The van der Waals surface area contributed by atoms with Gasteiger partial charge in [-0.25, -0.2) is 9.97 Å². The summed E-state index contributed by atoms with van der Waals surface area (Å²) in [5.74, 6) is 0. The molecule has 0 amide bonds. The molecule has 1 saturated heterocycles. The first-order valence-corrected chi connectivity index (χ1v) is 6.04. The third-order valence-electron chi connectivity index (χ3n) is 2.79. The van der Waals surface area contributed by atoms with Gasteiger partial charge in [0.15, 0.2) is 0 Å². The van der Waals surface area contributed by atoms with Gasteiger partial charge >= 0.3 is 0 Å². The monoisotopic (exact) mass is 260 g/mol. The zero-order valence-corrected chi connectivity index (χ0v) is 10.6. The van der Waals surface area contributed by atoms with E-state index in [1.165, 1.54) is 0 Å². The minimum Gasteiger partial charge on any atom is -0.314 e. The zero-order valence-electron chi connectivity index (χ0n) is 9.08. The fraction of sp³-hybridized carbons (Fsp3) is 0.600. The van der Waals surface area contributed by atoms with E-state index in [4.69, 9.17) is 23.2 Å². The van der Waals surface area contributed by atoms with Crippen LogP contribution in [0.3, 0.4) is 0 Å². The molecule has 1 N–H and O–H groups in total. The largest absolute Gasteiger partial charge is 0.314 e. The second-order valence-electron chi connectivity index (χ2n) is 3.98. The maximum atomic E-state index is 6.02. The van der Waals surface area contributed by atoms with E-state index in [-0.39, 0.29) is 5.28 Å². The lowest BCUT2D eigenvalue weighted by atomic mass is 10.2. The van der Waals surface area contributed by atoms with Crippen molar-refractivity contribution in [2.45, 2.75) is 19.5 Å². The summed E-state index contributed by atoms with van der Waals surface area (Å²) >= 11 is 11.7. The van der Waals surface area contributed by atoms with Crippen LogP contribution in [0.4, 0.5) is 0 Å². The third kappa shape index (κ3) is 2.83. The van der Waals surface area contributed by atoms with Crippen LogP contribution in [0.25, 0.3) is 0 Å². The molecular formula is C10H14Cl2N4. The molecule has 1 aromatic heterocycles. The van der Waals surface area contributed by atoms with E-state index >= 15 is 0 Å². The van der Waals surface area contributed by atoms with Gasteiger partial charge in [-0.05, 0) is 18.5 Å². The standard InChI is InChI=1S/C10H14Cl2N4/c1-7-4-13-2-3-16(7)6-8-5-14-10(12)15-9(8)11/h5,7,13H,2-4,6H2,1H3/t7-/m0/s1. The van der Waals surface area contributed by atoms with Gasteiger partial charge in [-0.3, -0.25) is 4.90 Å². The van der Waals surface area contributed by atoms with Crippen molar-refractivity contribution >= 4 is 23.2 Å². The summed E-state index contributed by atoms with van der Waals surface area (Å²) in [5.41, 5.74) is 0.930. The van der Waals surface area contributed by atoms with E-state index in [1.807, 2.05) is 0 Å². The molecule has 0 radical (unpaired) electrons. The Hall–Kier alpha value is -0.420. The first-order chi connectivity index (χ1) is 7.66. The van der Waals surface area contributed by atoms with Crippen LogP contribution in [0.15, 0.2) is 6.20 Å². The van der Waals surface area contributed by atoms with Crippen molar-refractivity contribution in [3.05, 3.63) is 22.2 Å². The van der Waals surface area contributed by atoms with E-state index in [0.29, 0.717) is 11.2 Å². The molecule has 1 aliphatic rings. The lowest BCUT2D eigenvalue weighted by Gasteiger charge is -2.33. The van der Waals surface area contributed by atoms with Gasteiger partial charge in [-0.1, -0.05) is 11.6 Å². The molecule has 0 spiro atoms. The normalized spacial score (nSPS) is 22.3. The molecule has 2 heterocycles. The summed E-state index contributed by atoms with van der Waals surface area (Å²) in [4.78, 5) is 10.3. The number of rotatable bonds is 2. The van der Waals surface area contributed by atoms with Crippen LogP contribution >= 0.6 is 23.2 Å². The van der Waals surface area contributed by atoms with Gasteiger partial charge in [0.25, 0.3) is 0 Å². The average molecular weight is 261 g/mol. The maximum Gasteiger partial charge on any atom is 0.223 e. The zero-order chi connectivity index (χ0) is 11.5. The van der Waals surface area contributed by atoms with Crippen molar-refractivity contribution in [3.8, 4) is 0 Å². The van der Waals surface area contributed by atoms with Crippen molar-refractivity contribution in [2.75, 3.05) is 19.6 Å². The number of aromatic nitrogens is 2. The molecule has 1 aliphatic heterocycles. The molecule has 88 valence electrons. The Morgan fingerprint density at radius 3 is 3.06 bits per heavy atom. The number of hydrogen-bond acceptors (Lipinski definition) is 4. The van der Waals surface area contributed by atoms with E-state index < -0.39 is 0 Å². The Bertz CT molecular complexity index is 372. The second kappa shape index (κ2) is 5.27. The minimum absolute atomic E-state index is 0.196. The summed E-state index contributed by atoms with van der Waals surface area (Å²) < 4.78 is 0. The van der Waals surface area contributed by atoms with Gasteiger partial charge in [0.05, 0.1) is 0 Å². The van der Waals surface area contributed by atoms with Crippen LogP contribution in [-0.4, -0.2) is 40.5 Å². The van der Waals surface area contributed by atoms with E-state index in [0.717, 1.165) is 31.7 Å². The van der Waals surface area contributed by atoms with Crippen molar-refractivity contribution in [1.82, 2.24) is 20.2 Å². The van der Waals surface area contributed by atoms with E-state index in [2.05, 4.69) is 27.1 Å². The molecular weight excluding hydrogens is 247 g/mol. The quantitative estimate of drug-likeness (QED) is 0.648. The van der Waals surface area contributed by atoms with Crippen LogP contribution in [0.1, 0.15) is 12.5 Å². The highest BCUT2D eigenvalue weighted by Crippen LogP contribution is 2.17. The molecule has 1 atom stereocenters. The highest BCUT2D eigenvalue weighted by atomic mass is 35.5. The van der Waals surface area contributed by atoms with Crippen molar-refractivity contribution < 1.29 is 0 Å². The van der Waals surface area contributed by atoms with Gasteiger partial charge in [-0.15, -0.1) is 0 Å². The average Bonchev–Trinajstić information content (AvgIpc) is 2.25. The molecule has 1 aromatic rings. The first-order valence-electron chi connectivity index (χ1n) is 5.28. The molecule has 0 unspecified atom stereocenters. The van der Waals surface area contributed by atoms with Crippen LogP contribution in [-0.2, 0) is 6.54 Å². The summed E-state index contributed by atoms with van der Waals surface area (Å²) in [6.45, 7) is 6.00. The molecule has 0 aliphatic carbocycles. The van der Waals surface area contributed by atoms with Crippen LogP contribution in [0.2, 0.25) is 10.4 Å². The van der Waals surface area contributed by atoms with Crippen LogP contribution in [0, 0.1) is 0 Å². The summed E-state index contributed by atoms with van der Waals surface area (Å²) in [5, 5.41) is 3.99. The van der Waals surface area contributed by atoms with Crippen LogP contribution < -0.4 is 5.32 Å². The molecule has 2 rings (SSSR count). The SMILES string of the molecule is C[C@H]1CNCCN1Cc1cnc(Cl)nc1Cl. The molecule has 1 fully saturated rings. The number of nitrogens with zero attached hydrogens (tertiary/aromatic N) is 3. The van der Waals surface area contributed by atoms with Crippen molar-refractivity contribution in [2.24, 2.45) is 0 Å². The lowest BCUT2D eigenvalue weighted by Crippen LogP contribution is -2.49. The highest BCUT2D eigenvalue weighted by molar-refractivity contribution is 6.32. The number of hydrogen-bond donors (Lipinski definition) is 1. The maximum absolute atomic E-state index is 6.02. The number of nitrogens with one attached hydrogen (secondary N) is 1. The van der Waals surface area contributed by atoms with Gasteiger partial charge in [0.2, 0.25) is 5.28 Å². The van der Waals surface area contributed by atoms with Gasteiger partial charge in [0.1, 0.15) is 5.15 Å². The molecule has 6 heteroatoms. The topological polar surface area (TPSA) is 41.0 Å². The Balaban J connectivity index is 2.07. The lowest BCUT2D eigenvalue weighted by molar-refractivity contribution is 0.165. The smallest absolute Gasteiger partial charge is 0.223 e. The summed E-state index contributed by atoms with van der Waals surface area (Å²) in [6.07, 6.45) is 1.70. The predicted octanol–water partition coefficient (Wildman–Crippen LogP) is 1.58. The molecule has 0 aromatic carbocycles. The van der Waals surface area contributed by atoms with E-state index in [9.17, 15) is 0 Å². The van der Waals surface area contributed by atoms with Gasteiger partial charge in [0, 0.05) is 44.0 Å².